The van der Waals surface area contributed by atoms with E-state index < -0.39 is 10.0 Å². The molecule has 3 aromatic rings. The lowest BCUT2D eigenvalue weighted by atomic mass is 10.1. The maximum atomic E-state index is 13.3. The predicted molar refractivity (Wildman–Crippen MR) is 156 cm³/mol. The topological polar surface area (TPSA) is 112 Å². The Morgan fingerprint density at radius 1 is 0.975 bits per heavy atom. The molecule has 0 saturated carbocycles. The highest BCUT2D eigenvalue weighted by Crippen LogP contribution is 2.24. The van der Waals surface area contributed by atoms with E-state index in [1.807, 2.05) is 12.4 Å². The second kappa shape index (κ2) is 12.5. The number of benzene rings is 2. The van der Waals surface area contributed by atoms with Crippen molar-refractivity contribution in [1.29, 1.82) is 0 Å². The van der Waals surface area contributed by atoms with E-state index in [9.17, 15) is 12.8 Å². The van der Waals surface area contributed by atoms with Crippen molar-refractivity contribution in [3.05, 3.63) is 90.0 Å². The zero-order valence-corrected chi connectivity index (χ0v) is 23.0. The third-order valence-electron chi connectivity index (χ3n) is 6.76. The van der Waals surface area contributed by atoms with Crippen molar-refractivity contribution in [2.24, 2.45) is 4.99 Å². The largest absolute Gasteiger partial charge is 0.340 e. The van der Waals surface area contributed by atoms with Gasteiger partial charge in [0, 0.05) is 62.1 Å². The number of nitrogens with one attached hydrogen (secondary N) is 3. The number of nitrogens with zero attached hydrogens (tertiary/aromatic N) is 4. The van der Waals surface area contributed by atoms with E-state index in [4.69, 9.17) is 0 Å². The molecule has 3 N–H and O–H groups in total. The number of aliphatic imine (C=N–C) groups is 1. The van der Waals surface area contributed by atoms with Gasteiger partial charge in [0.25, 0.3) is 0 Å². The summed E-state index contributed by atoms with van der Waals surface area (Å²) < 4.78 is 41.3. The summed E-state index contributed by atoms with van der Waals surface area (Å²) in [5.41, 5.74) is 3.76. The molecule has 2 aromatic carbocycles. The quantitative estimate of drug-likeness (QED) is 0.331. The average molecular weight is 562 g/mol. The van der Waals surface area contributed by atoms with Crippen molar-refractivity contribution in [3.8, 4) is 0 Å². The number of sulfonamides is 1. The van der Waals surface area contributed by atoms with Gasteiger partial charge < -0.3 is 16.0 Å². The molecule has 0 amide bonds. The molecule has 11 heteroatoms. The summed E-state index contributed by atoms with van der Waals surface area (Å²) in [5, 5.41) is 9.75. The summed E-state index contributed by atoms with van der Waals surface area (Å²) in [4.78, 5) is 13.2. The summed E-state index contributed by atoms with van der Waals surface area (Å²) in [6, 6.07) is 14.5. The molecule has 0 radical (unpaired) electrons. The first-order chi connectivity index (χ1) is 19.3. The van der Waals surface area contributed by atoms with Crippen LogP contribution in [0.4, 0.5) is 27.5 Å². The van der Waals surface area contributed by atoms with Crippen LogP contribution in [0.15, 0.2) is 94.1 Å². The van der Waals surface area contributed by atoms with E-state index in [0.717, 1.165) is 31.4 Å². The van der Waals surface area contributed by atoms with Gasteiger partial charge in [-0.2, -0.15) is 9.29 Å². The third kappa shape index (κ3) is 7.17. The second-order valence-electron chi connectivity index (χ2n) is 9.84. The standard InChI is InChI=1S/C29H32FN7O2S/c1-21-10-14-31-19-22(18-21)20-33-24-12-16-37(17-13-24)40(38,39)27-8-6-26(7-9-27)35-29-32-15-11-28(36-29)34-25-4-2-23(30)3-5-25/h2-9,11,14-15,18-19,24,33H,10,12-13,16-17,20H2,1H3,(H2,32,34,35,36). The zero-order chi connectivity index (χ0) is 28.0. The van der Waals surface area contributed by atoms with Crippen molar-refractivity contribution in [2.75, 3.05) is 30.3 Å². The number of aromatic nitrogens is 2. The predicted octanol–water partition coefficient (Wildman–Crippen LogP) is 5.15. The molecular weight excluding hydrogens is 529 g/mol. The third-order valence-corrected chi connectivity index (χ3v) is 8.67. The van der Waals surface area contributed by atoms with Gasteiger partial charge in [0.1, 0.15) is 11.6 Å². The van der Waals surface area contributed by atoms with Crippen LogP contribution in [0.2, 0.25) is 0 Å². The number of piperidine rings is 1. The molecule has 208 valence electrons. The minimum Gasteiger partial charge on any atom is -0.340 e. The van der Waals surface area contributed by atoms with Crippen molar-refractivity contribution < 1.29 is 12.8 Å². The monoisotopic (exact) mass is 561 g/mol. The smallest absolute Gasteiger partial charge is 0.243 e. The molecule has 1 aromatic heterocycles. The Balaban J connectivity index is 1.15. The van der Waals surface area contributed by atoms with E-state index in [2.05, 4.69) is 43.9 Å². The number of hydrogen-bond donors (Lipinski definition) is 3. The molecule has 0 atom stereocenters. The van der Waals surface area contributed by atoms with Gasteiger partial charge in [-0.3, -0.25) is 4.99 Å². The SMILES string of the molecule is CC1=CC(CNC2CCN(S(=O)(=O)c3ccc(Nc4nccc(Nc5ccc(F)cc5)n4)cc3)CC2)=CN=CC1. The molecule has 40 heavy (non-hydrogen) atoms. The van der Waals surface area contributed by atoms with Gasteiger partial charge in [-0.15, -0.1) is 0 Å². The number of allylic oxidation sites excluding steroid dienone is 1. The van der Waals surface area contributed by atoms with E-state index in [1.54, 1.807) is 53.0 Å². The van der Waals surface area contributed by atoms with E-state index >= 15 is 0 Å². The highest BCUT2D eigenvalue weighted by atomic mass is 32.2. The Labute approximate surface area is 234 Å². The number of anilines is 4. The van der Waals surface area contributed by atoms with Crippen LogP contribution in [0.1, 0.15) is 26.2 Å². The highest BCUT2D eigenvalue weighted by Gasteiger charge is 2.29. The Morgan fingerprint density at radius 3 is 2.42 bits per heavy atom. The molecule has 2 aliphatic heterocycles. The lowest BCUT2D eigenvalue weighted by Gasteiger charge is -2.31. The summed E-state index contributed by atoms with van der Waals surface area (Å²) in [6.07, 6.45) is 9.91. The Hall–Kier alpha value is -3.93. The van der Waals surface area contributed by atoms with Crippen LogP contribution in [-0.4, -0.2) is 54.6 Å². The molecule has 0 bridgehead atoms. The van der Waals surface area contributed by atoms with E-state index in [0.29, 0.717) is 36.2 Å². The summed E-state index contributed by atoms with van der Waals surface area (Å²) >= 11 is 0. The molecule has 9 nitrogen and oxygen atoms in total. The molecule has 2 aliphatic rings. The minimum atomic E-state index is -3.60. The molecule has 1 saturated heterocycles. The molecule has 5 rings (SSSR count). The first kappa shape index (κ1) is 27.6. The maximum absolute atomic E-state index is 13.3. The maximum Gasteiger partial charge on any atom is 0.243 e. The van der Waals surface area contributed by atoms with Gasteiger partial charge in [0.05, 0.1) is 4.90 Å². The number of halogens is 1. The van der Waals surface area contributed by atoms with Gasteiger partial charge in [-0.05, 0) is 79.9 Å². The van der Waals surface area contributed by atoms with Crippen molar-refractivity contribution in [3.63, 3.8) is 0 Å². The second-order valence-corrected chi connectivity index (χ2v) is 11.8. The Bertz CT molecular complexity index is 1510. The lowest BCUT2D eigenvalue weighted by molar-refractivity contribution is 0.293. The average Bonchev–Trinajstić information content (AvgIpc) is 3.17. The lowest BCUT2D eigenvalue weighted by Crippen LogP contribution is -2.45. The molecule has 0 spiro atoms. The van der Waals surface area contributed by atoms with Gasteiger partial charge >= 0.3 is 0 Å². The molecule has 0 aliphatic carbocycles. The van der Waals surface area contributed by atoms with Gasteiger partial charge in [-0.25, -0.2) is 17.8 Å². The normalized spacial score (nSPS) is 16.6. The van der Waals surface area contributed by atoms with Crippen molar-refractivity contribution in [1.82, 2.24) is 19.6 Å². The minimum absolute atomic E-state index is 0.249. The zero-order valence-electron chi connectivity index (χ0n) is 22.2. The number of hydrogen-bond acceptors (Lipinski definition) is 8. The molecule has 0 unspecified atom stereocenters. The van der Waals surface area contributed by atoms with Crippen LogP contribution in [0.5, 0.6) is 0 Å². The Kier molecular flexibility index (Phi) is 8.63. The fourth-order valence-corrected chi connectivity index (χ4v) is 6.04. The van der Waals surface area contributed by atoms with E-state index in [1.165, 1.54) is 17.7 Å². The van der Waals surface area contributed by atoms with Gasteiger partial charge in [0.15, 0.2) is 0 Å². The number of rotatable bonds is 9. The molecule has 1 fully saturated rings. The first-order valence-electron chi connectivity index (χ1n) is 13.2. The first-order valence-corrected chi connectivity index (χ1v) is 14.6. The van der Waals surface area contributed by atoms with Crippen molar-refractivity contribution in [2.45, 2.75) is 37.1 Å². The van der Waals surface area contributed by atoms with Crippen molar-refractivity contribution >= 4 is 39.4 Å². The molecule has 3 heterocycles. The summed E-state index contributed by atoms with van der Waals surface area (Å²) in [5.74, 6) is 0.561. The molecular formula is C29H32FN7O2S. The fourth-order valence-electron chi connectivity index (χ4n) is 4.58. The fraction of sp³-hybridized carbons (Fsp3) is 0.276. The van der Waals surface area contributed by atoms with Crippen LogP contribution in [-0.2, 0) is 10.0 Å². The summed E-state index contributed by atoms with van der Waals surface area (Å²) in [7, 11) is -3.60. The highest BCUT2D eigenvalue weighted by molar-refractivity contribution is 7.89. The van der Waals surface area contributed by atoms with Gasteiger partial charge in [-0.1, -0.05) is 11.6 Å². The summed E-state index contributed by atoms with van der Waals surface area (Å²) in [6.45, 7) is 3.74. The van der Waals surface area contributed by atoms with E-state index in [-0.39, 0.29) is 16.8 Å². The van der Waals surface area contributed by atoms with Crippen LogP contribution >= 0.6 is 0 Å². The Morgan fingerprint density at radius 2 is 1.68 bits per heavy atom. The van der Waals surface area contributed by atoms with Crippen LogP contribution in [0.25, 0.3) is 0 Å². The van der Waals surface area contributed by atoms with Crippen LogP contribution < -0.4 is 16.0 Å². The van der Waals surface area contributed by atoms with Crippen LogP contribution in [0.3, 0.4) is 0 Å². The van der Waals surface area contributed by atoms with Gasteiger partial charge in [0.2, 0.25) is 16.0 Å². The van der Waals surface area contributed by atoms with Crippen LogP contribution in [0, 0.1) is 5.82 Å².